The lowest BCUT2D eigenvalue weighted by molar-refractivity contribution is -0.137. The number of benzene rings is 2. The van der Waals surface area contributed by atoms with Gasteiger partial charge >= 0.3 is 6.18 Å². The molecule has 0 aromatic heterocycles. The SMILES string of the molecule is O=C(c1ccccc1)N1CCCC(NS(=O)(=O)c2ccc(Cl)c(C(F)(F)F)c2)C1. The van der Waals surface area contributed by atoms with E-state index in [1.165, 1.54) is 4.90 Å². The zero-order valence-electron chi connectivity index (χ0n) is 15.1. The number of alkyl halides is 3. The quantitative estimate of drug-likeness (QED) is 0.773. The van der Waals surface area contributed by atoms with Gasteiger partial charge in [-0.2, -0.15) is 13.2 Å². The van der Waals surface area contributed by atoms with Crippen LogP contribution in [-0.2, 0) is 16.2 Å². The topological polar surface area (TPSA) is 66.5 Å². The van der Waals surface area contributed by atoms with Crippen molar-refractivity contribution in [2.45, 2.75) is 30.0 Å². The van der Waals surface area contributed by atoms with Gasteiger partial charge in [-0.1, -0.05) is 29.8 Å². The van der Waals surface area contributed by atoms with Crippen LogP contribution in [-0.4, -0.2) is 38.4 Å². The summed E-state index contributed by atoms with van der Waals surface area (Å²) in [4.78, 5) is 13.6. The van der Waals surface area contributed by atoms with Gasteiger partial charge in [0.05, 0.1) is 15.5 Å². The summed E-state index contributed by atoms with van der Waals surface area (Å²) in [6.45, 7) is 0.609. The van der Waals surface area contributed by atoms with Crippen molar-refractivity contribution in [3.63, 3.8) is 0 Å². The van der Waals surface area contributed by atoms with Crippen LogP contribution in [0.2, 0.25) is 5.02 Å². The number of nitrogens with zero attached hydrogens (tertiary/aromatic N) is 1. The number of likely N-dealkylation sites (tertiary alicyclic amines) is 1. The molecule has 2 aromatic carbocycles. The smallest absolute Gasteiger partial charge is 0.337 e. The van der Waals surface area contributed by atoms with Gasteiger partial charge in [-0.05, 0) is 43.2 Å². The molecule has 10 heteroatoms. The molecule has 1 amide bonds. The van der Waals surface area contributed by atoms with Gasteiger partial charge in [-0.3, -0.25) is 4.79 Å². The van der Waals surface area contributed by atoms with E-state index in [9.17, 15) is 26.4 Å². The van der Waals surface area contributed by atoms with Crippen LogP contribution in [0.5, 0.6) is 0 Å². The standard InChI is InChI=1S/C19H18ClF3N2O3S/c20-17-9-8-15(11-16(17)19(21,22)23)29(27,28)24-14-7-4-10-25(12-14)18(26)13-5-2-1-3-6-13/h1-3,5-6,8-9,11,14,24H,4,7,10,12H2. The maximum atomic E-state index is 13.0. The highest BCUT2D eigenvalue weighted by molar-refractivity contribution is 7.89. The summed E-state index contributed by atoms with van der Waals surface area (Å²) in [5.41, 5.74) is -0.727. The summed E-state index contributed by atoms with van der Waals surface area (Å²) in [5, 5.41) is -0.575. The van der Waals surface area contributed by atoms with Crippen LogP contribution in [0.25, 0.3) is 0 Å². The summed E-state index contributed by atoms with van der Waals surface area (Å²) in [7, 11) is -4.22. The van der Waals surface area contributed by atoms with Crippen molar-refractivity contribution in [1.29, 1.82) is 0 Å². The van der Waals surface area contributed by atoms with Crippen molar-refractivity contribution in [3.05, 3.63) is 64.7 Å². The molecule has 0 spiro atoms. The summed E-state index contributed by atoms with van der Waals surface area (Å²) in [6.07, 6.45) is -3.73. The van der Waals surface area contributed by atoms with Gasteiger partial charge in [0, 0.05) is 24.7 Å². The molecule has 29 heavy (non-hydrogen) atoms. The van der Waals surface area contributed by atoms with Gasteiger partial charge < -0.3 is 4.90 Å². The largest absolute Gasteiger partial charge is 0.417 e. The number of carbonyl (C=O) groups excluding carboxylic acids is 1. The highest BCUT2D eigenvalue weighted by Crippen LogP contribution is 2.36. The fourth-order valence-electron chi connectivity index (χ4n) is 3.20. The maximum Gasteiger partial charge on any atom is 0.417 e. The second kappa shape index (κ2) is 8.33. The van der Waals surface area contributed by atoms with E-state index in [0.717, 1.165) is 12.1 Å². The number of rotatable bonds is 4. The Balaban J connectivity index is 1.76. The third-order valence-corrected chi connectivity index (χ3v) is 6.45. The highest BCUT2D eigenvalue weighted by Gasteiger charge is 2.35. The third kappa shape index (κ3) is 5.09. The number of hydrogen-bond donors (Lipinski definition) is 1. The Labute approximate surface area is 171 Å². The van der Waals surface area contributed by atoms with Crippen molar-refractivity contribution in [3.8, 4) is 0 Å². The molecule has 0 radical (unpaired) electrons. The monoisotopic (exact) mass is 446 g/mol. The van der Waals surface area contributed by atoms with Gasteiger partial charge in [0.25, 0.3) is 5.91 Å². The minimum Gasteiger partial charge on any atom is -0.337 e. The Morgan fingerprint density at radius 3 is 2.48 bits per heavy atom. The number of sulfonamides is 1. The predicted molar refractivity (Wildman–Crippen MR) is 102 cm³/mol. The van der Waals surface area contributed by atoms with Crippen LogP contribution in [0.1, 0.15) is 28.8 Å². The number of hydrogen-bond acceptors (Lipinski definition) is 3. The Morgan fingerprint density at radius 2 is 1.83 bits per heavy atom. The molecule has 3 rings (SSSR count). The van der Waals surface area contributed by atoms with E-state index in [1.807, 2.05) is 0 Å². The lowest BCUT2D eigenvalue weighted by Gasteiger charge is -2.33. The van der Waals surface area contributed by atoms with Crippen molar-refractivity contribution >= 4 is 27.5 Å². The molecular weight excluding hydrogens is 429 g/mol. The van der Waals surface area contributed by atoms with E-state index in [2.05, 4.69) is 4.72 Å². The third-order valence-electron chi connectivity index (χ3n) is 4.60. The van der Waals surface area contributed by atoms with Crippen LogP contribution in [0, 0.1) is 0 Å². The van der Waals surface area contributed by atoms with Gasteiger partial charge in [-0.15, -0.1) is 0 Å². The minimum absolute atomic E-state index is 0.132. The molecule has 0 bridgehead atoms. The Hall–Kier alpha value is -2.10. The van der Waals surface area contributed by atoms with Crippen LogP contribution >= 0.6 is 11.6 Å². The molecule has 1 fully saturated rings. The Morgan fingerprint density at radius 1 is 1.14 bits per heavy atom. The number of halogens is 4. The van der Waals surface area contributed by atoms with E-state index in [4.69, 9.17) is 11.6 Å². The molecule has 0 saturated carbocycles. The Kier molecular flexibility index (Phi) is 6.21. The average Bonchev–Trinajstić information content (AvgIpc) is 2.67. The lowest BCUT2D eigenvalue weighted by atomic mass is 10.1. The molecule has 0 aliphatic carbocycles. The molecule has 5 nitrogen and oxygen atoms in total. The van der Waals surface area contributed by atoms with E-state index in [1.54, 1.807) is 30.3 Å². The van der Waals surface area contributed by atoms with Crippen LogP contribution < -0.4 is 4.72 Å². The fraction of sp³-hybridized carbons (Fsp3) is 0.316. The zero-order valence-corrected chi connectivity index (χ0v) is 16.7. The molecule has 156 valence electrons. The first-order valence-corrected chi connectivity index (χ1v) is 10.7. The summed E-state index contributed by atoms with van der Waals surface area (Å²) < 4.78 is 66.7. The number of nitrogens with one attached hydrogen (secondary N) is 1. The van der Waals surface area contributed by atoms with Gasteiger partial charge in [0.15, 0.2) is 0 Å². The van der Waals surface area contributed by atoms with Crippen LogP contribution in [0.3, 0.4) is 0 Å². The van der Waals surface area contributed by atoms with Crippen molar-refractivity contribution in [1.82, 2.24) is 9.62 Å². The molecule has 1 saturated heterocycles. The van der Waals surface area contributed by atoms with Gasteiger partial charge in [-0.25, -0.2) is 13.1 Å². The van der Waals surface area contributed by atoms with Gasteiger partial charge in [0.2, 0.25) is 10.0 Å². The highest BCUT2D eigenvalue weighted by atomic mass is 35.5. The first kappa shape index (κ1) is 21.6. The fourth-order valence-corrected chi connectivity index (χ4v) is 4.71. The van der Waals surface area contributed by atoms with E-state index in [-0.39, 0.29) is 12.5 Å². The molecule has 1 aliphatic rings. The van der Waals surface area contributed by atoms with Crippen molar-refractivity contribution < 1.29 is 26.4 Å². The lowest BCUT2D eigenvalue weighted by Crippen LogP contribution is -2.49. The van der Waals surface area contributed by atoms with E-state index < -0.39 is 37.7 Å². The summed E-state index contributed by atoms with van der Waals surface area (Å²) in [6, 6.07) is 10.4. The van der Waals surface area contributed by atoms with Crippen LogP contribution in [0.15, 0.2) is 53.4 Å². The first-order valence-electron chi connectivity index (χ1n) is 8.81. The molecule has 1 N–H and O–H groups in total. The second-order valence-corrected chi connectivity index (χ2v) is 8.84. The van der Waals surface area contributed by atoms with E-state index >= 15 is 0 Å². The summed E-state index contributed by atoms with van der Waals surface area (Å²) >= 11 is 5.56. The number of amides is 1. The normalized spacial score (nSPS) is 17.9. The Bertz CT molecular complexity index is 998. The second-order valence-electron chi connectivity index (χ2n) is 6.72. The molecule has 1 unspecified atom stereocenters. The maximum absolute atomic E-state index is 13.0. The van der Waals surface area contributed by atoms with Crippen molar-refractivity contribution in [2.24, 2.45) is 0 Å². The molecule has 1 heterocycles. The molecule has 1 aliphatic heterocycles. The number of carbonyl (C=O) groups is 1. The minimum atomic E-state index is -4.77. The van der Waals surface area contributed by atoms with E-state index in [0.29, 0.717) is 31.0 Å². The zero-order chi connectivity index (χ0) is 21.2. The van der Waals surface area contributed by atoms with Crippen molar-refractivity contribution in [2.75, 3.05) is 13.1 Å². The molecular formula is C19H18ClF3N2O3S. The summed E-state index contributed by atoms with van der Waals surface area (Å²) in [5.74, 6) is -0.222. The first-order chi connectivity index (χ1) is 13.6. The van der Waals surface area contributed by atoms with Gasteiger partial charge in [0.1, 0.15) is 0 Å². The number of piperidine rings is 1. The average molecular weight is 447 g/mol. The van der Waals surface area contributed by atoms with Crippen LogP contribution in [0.4, 0.5) is 13.2 Å². The molecule has 1 atom stereocenters. The molecule has 2 aromatic rings. The predicted octanol–water partition coefficient (Wildman–Crippen LogP) is 3.94.